The van der Waals surface area contributed by atoms with Gasteiger partial charge in [0.05, 0.1) is 30.9 Å². The van der Waals surface area contributed by atoms with Crippen molar-refractivity contribution in [2.24, 2.45) is 0 Å². The van der Waals surface area contributed by atoms with Crippen LogP contribution in [0.15, 0.2) is 18.2 Å². The topological polar surface area (TPSA) is 37.6 Å². The van der Waals surface area contributed by atoms with E-state index in [9.17, 15) is 4.79 Å². The number of aryl methyl sites for hydroxylation is 1. The summed E-state index contributed by atoms with van der Waals surface area (Å²) in [6, 6.07) is 6.34. The van der Waals surface area contributed by atoms with E-state index in [0.717, 1.165) is 41.3 Å². The molecule has 1 amide bonds. The van der Waals surface area contributed by atoms with Crippen LogP contribution in [0.3, 0.4) is 0 Å². The van der Waals surface area contributed by atoms with Crippen LogP contribution in [0.5, 0.6) is 0 Å². The summed E-state index contributed by atoms with van der Waals surface area (Å²) in [5.41, 5.74) is 2.29. The van der Waals surface area contributed by atoms with Gasteiger partial charge >= 0.3 is 0 Å². The third-order valence-electron chi connectivity index (χ3n) is 3.52. The Bertz CT molecular complexity index is 621. The van der Waals surface area contributed by atoms with E-state index >= 15 is 0 Å². The lowest BCUT2D eigenvalue weighted by atomic mass is 10.2. The Morgan fingerprint density at radius 1 is 1.38 bits per heavy atom. The Kier molecular flexibility index (Phi) is 5.31. The molecule has 0 unspecified atom stereocenters. The Labute approximate surface area is 130 Å². The number of benzene rings is 1. The summed E-state index contributed by atoms with van der Waals surface area (Å²) in [4.78, 5) is 19.7. The molecule has 0 atom stereocenters. The number of carbonyl (C=O) groups excluding carboxylic acids is 1. The summed E-state index contributed by atoms with van der Waals surface area (Å²) in [5.74, 6) is 0.0681. The molecule has 1 N–H and O–H groups in total. The monoisotopic (exact) mass is 306 g/mol. The van der Waals surface area contributed by atoms with Crippen molar-refractivity contribution in [1.29, 1.82) is 0 Å². The van der Waals surface area contributed by atoms with Gasteiger partial charge in [-0.2, -0.15) is 0 Å². The number of aromatic nitrogens is 1. The number of fused-ring (bicyclic) bond motifs is 1. The first-order valence-corrected chi connectivity index (χ1v) is 8.29. The lowest BCUT2D eigenvalue weighted by molar-refractivity contribution is -0.858. The second-order valence-corrected chi connectivity index (χ2v) is 6.64. The molecule has 2 aromatic rings. The smallest absolute Gasteiger partial charge is 0.225 e. The molecular weight excluding hydrogens is 282 g/mol. The normalized spacial score (nSPS) is 11.3. The van der Waals surface area contributed by atoms with Crippen LogP contribution < -0.4 is 9.80 Å². The van der Waals surface area contributed by atoms with Gasteiger partial charge in [-0.25, -0.2) is 4.98 Å². The molecule has 0 bridgehead atoms. The SMILES string of the molecule is CCc1ccc2nc(N(CCC[NH+](C)C)C(C)=O)sc2c1. The average Bonchev–Trinajstić information content (AvgIpc) is 2.84. The van der Waals surface area contributed by atoms with Crippen molar-refractivity contribution in [1.82, 2.24) is 4.98 Å². The lowest BCUT2D eigenvalue weighted by Gasteiger charge is -2.18. The first kappa shape index (κ1) is 15.9. The molecule has 4 nitrogen and oxygen atoms in total. The molecule has 21 heavy (non-hydrogen) atoms. The van der Waals surface area contributed by atoms with Crippen LogP contribution in [0, 0.1) is 0 Å². The van der Waals surface area contributed by atoms with Crippen molar-refractivity contribution < 1.29 is 9.69 Å². The second-order valence-electron chi connectivity index (χ2n) is 5.63. The molecule has 0 fully saturated rings. The van der Waals surface area contributed by atoms with E-state index in [-0.39, 0.29) is 5.91 Å². The highest BCUT2D eigenvalue weighted by Gasteiger charge is 2.16. The Morgan fingerprint density at radius 3 is 2.76 bits per heavy atom. The predicted octanol–water partition coefficient (Wildman–Crippen LogP) is 1.75. The molecule has 114 valence electrons. The fourth-order valence-corrected chi connectivity index (χ4v) is 3.37. The number of thiazole rings is 1. The quantitative estimate of drug-likeness (QED) is 0.883. The van der Waals surface area contributed by atoms with E-state index in [2.05, 4.69) is 44.2 Å². The minimum Gasteiger partial charge on any atom is -0.340 e. The van der Waals surface area contributed by atoms with Gasteiger partial charge in [0, 0.05) is 19.9 Å². The molecule has 0 saturated carbocycles. The molecule has 0 saturated heterocycles. The van der Waals surface area contributed by atoms with Crippen molar-refractivity contribution >= 4 is 32.6 Å². The summed E-state index contributed by atoms with van der Waals surface area (Å²) in [6.07, 6.45) is 2.00. The molecule has 1 aromatic heterocycles. The van der Waals surface area contributed by atoms with Crippen molar-refractivity contribution in [3.63, 3.8) is 0 Å². The van der Waals surface area contributed by atoms with Crippen LogP contribution in [-0.2, 0) is 11.2 Å². The first-order valence-electron chi connectivity index (χ1n) is 7.48. The van der Waals surface area contributed by atoms with Crippen molar-refractivity contribution in [2.75, 3.05) is 32.1 Å². The van der Waals surface area contributed by atoms with E-state index in [1.54, 1.807) is 23.2 Å². The lowest BCUT2D eigenvalue weighted by Crippen LogP contribution is -3.05. The van der Waals surface area contributed by atoms with Gasteiger partial charge in [-0.15, -0.1) is 0 Å². The van der Waals surface area contributed by atoms with E-state index < -0.39 is 0 Å². The van der Waals surface area contributed by atoms with Gasteiger partial charge in [-0.3, -0.25) is 9.69 Å². The van der Waals surface area contributed by atoms with Crippen LogP contribution in [0.1, 0.15) is 25.8 Å². The number of nitrogens with one attached hydrogen (secondary N) is 1. The minimum atomic E-state index is 0.0681. The van der Waals surface area contributed by atoms with Crippen LogP contribution in [0.25, 0.3) is 10.2 Å². The number of hydrogen-bond donors (Lipinski definition) is 1. The summed E-state index contributed by atoms with van der Waals surface area (Å²) in [7, 11) is 4.25. The number of nitrogens with zero attached hydrogens (tertiary/aromatic N) is 2. The van der Waals surface area contributed by atoms with Crippen LogP contribution >= 0.6 is 11.3 Å². The first-order chi connectivity index (χ1) is 10.0. The van der Waals surface area contributed by atoms with E-state index in [1.807, 2.05) is 0 Å². The van der Waals surface area contributed by atoms with Gasteiger partial charge in [-0.05, 0) is 24.1 Å². The van der Waals surface area contributed by atoms with E-state index in [1.165, 1.54) is 10.5 Å². The highest BCUT2D eigenvalue weighted by Crippen LogP contribution is 2.29. The van der Waals surface area contributed by atoms with Crippen LogP contribution in [0.4, 0.5) is 5.13 Å². The molecule has 0 radical (unpaired) electrons. The Balaban J connectivity index is 2.21. The van der Waals surface area contributed by atoms with Gasteiger partial charge in [0.15, 0.2) is 5.13 Å². The summed E-state index contributed by atoms with van der Waals surface area (Å²) < 4.78 is 1.16. The fourth-order valence-electron chi connectivity index (χ4n) is 2.27. The number of hydrogen-bond acceptors (Lipinski definition) is 3. The molecule has 0 aliphatic carbocycles. The fraction of sp³-hybridized carbons (Fsp3) is 0.500. The standard InChI is InChI=1S/C16H23N3OS/c1-5-13-7-8-14-15(11-13)21-16(17-14)19(12(2)20)10-6-9-18(3)4/h7-8,11H,5-6,9-10H2,1-4H3/p+1. The number of amides is 1. The maximum absolute atomic E-state index is 11.9. The predicted molar refractivity (Wildman–Crippen MR) is 89.3 cm³/mol. The average molecular weight is 306 g/mol. The molecule has 0 aliphatic heterocycles. The molecule has 1 aromatic carbocycles. The van der Waals surface area contributed by atoms with Crippen LogP contribution in [0.2, 0.25) is 0 Å². The van der Waals surface area contributed by atoms with Crippen molar-refractivity contribution in [3.05, 3.63) is 23.8 Å². The number of quaternary nitrogens is 1. The minimum absolute atomic E-state index is 0.0681. The zero-order valence-electron chi connectivity index (χ0n) is 13.3. The number of anilines is 1. The zero-order chi connectivity index (χ0) is 15.4. The van der Waals surface area contributed by atoms with Gasteiger partial charge in [0.1, 0.15) is 0 Å². The number of rotatable bonds is 6. The summed E-state index contributed by atoms with van der Waals surface area (Å²) in [5, 5.41) is 0.819. The summed E-state index contributed by atoms with van der Waals surface area (Å²) in [6.45, 7) is 5.55. The molecule has 1 heterocycles. The largest absolute Gasteiger partial charge is 0.340 e. The van der Waals surface area contributed by atoms with Gasteiger partial charge < -0.3 is 4.90 Å². The Hall–Kier alpha value is -1.46. The number of carbonyl (C=O) groups is 1. The third kappa shape index (κ3) is 4.02. The zero-order valence-corrected chi connectivity index (χ0v) is 14.1. The van der Waals surface area contributed by atoms with Crippen LogP contribution in [-0.4, -0.2) is 38.1 Å². The maximum atomic E-state index is 11.9. The molecule has 0 aliphatic rings. The van der Waals surface area contributed by atoms with Gasteiger partial charge in [-0.1, -0.05) is 24.3 Å². The van der Waals surface area contributed by atoms with Crippen molar-refractivity contribution in [2.45, 2.75) is 26.7 Å². The highest BCUT2D eigenvalue weighted by molar-refractivity contribution is 7.22. The second kappa shape index (κ2) is 7.00. The molecule has 0 spiro atoms. The Morgan fingerprint density at radius 2 is 2.14 bits per heavy atom. The van der Waals surface area contributed by atoms with E-state index in [4.69, 9.17) is 0 Å². The molecular formula is C16H24N3OS+. The van der Waals surface area contributed by atoms with E-state index in [0.29, 0.717) is 0 Å². The summed E-state index contributed by atoms with van der Waals surface area (Å²) >= 11 is 1.61. The molecule has 2 rings (SSSR count). The maximum Gasteiger partial charge on any atom is 0.225 e. The van der Waals surface area contributed by atoms with Crippen molar-refractivity contribution in [3.8, 4) is 0 Å². The van der Waals surface area contributed by atoms with Gasteiger partial charge in [0.25, 0.3) is 0 Å². The third-order valence-corrected chi connectivity index (χ3v) is 4.56. The van der Waals surface area contributed by atoms with Gasteiger partial charge in [0.2, 0.25) is 5.91 Å². The highest BCUT2D eigenvalue weighted by atomic mass is 32.1. The molecule has 5 heteroatoms.